The molecule has 1 aliphatic rings. The molecule has 2 N–H and O–H groups in total. The van der Waals surface area contributed by atoms with Gasteiger partial charge in [-0.3, -0.25) is 0 Å². The fourth-order valence-electron chi connectivity index (χ4n) is 2.78. The van der Waals surface area contributed by atoms with Gasteiger partial charge in [0.15, 0.2) is 0 Å². The van der Waals surface area contributed by atoms with Crippen LogP contribution in [0.25, 0.3) is 10.9 Å². The summed E-state index contributed by atoms with van der Waals surface area (Å²) in [7, 11) is 0. The van der Waals surface area contributed by atoms with E-state index in [2.05, 4.69) is 48.4 Å². The third-order valence-corrected chi connectivity index (χ3v) is 3.56. The number of fused-ring (bicyclic) bond motifs is 3. The monoisotopic (exact) mass is 214 g/mol. The molecule has 2 heteroatoms. The molecule has 2 aromatic rings. The van der Waals surface area contributed by atoms with Crippen molar-refractivity contribution < 1.29 is 0 Å². The molecule has 1 aliphatic heterocycles. The van der Waals surface area contributed by atoms with Crippen LogP contribution in [0.2, 0.25) is 0 Å². The van der Waals surface area contributed by atoms with Crippen LogP contribution in [0.4, 0.5) is 0 Å². The summed E-state index contributed by atoms with van der Waals surface area (Å²) in [5.74, 6) is 0.632. The quantitative estimate of drug-likeness (QED) is 0.750. The number of aromatic nitrogens is 1. The molecular formula is C14H18N2. The fraction of sp³-hybridized carbons (Fsp3) is 0.429. The van der Waals surface area contributed by atoms with E-state index < -0.39 is 0 Å². The number of hydrogen-bond donors (Lipinski definition) is 2. The Balaban J connectivity index is 2.21. The fourth-order valence-corrected chi connectivity index (χ4v) is 2.78. The Hall–Kier alpha value is -1.28. The molecule has 0 radical (unpaired) electrons. The minimum Gasteiger partial charge on any atom is -0.357 e. The molecule has 1 aromatic heterocycles. The van der Waals surface area contributed by atoms with Crippen molar-refractivity contribution in [1.29, 1.82) is 0 Å². The molecule has 0 aliphatic carbocycles. The smallest absolute Gasteiger partial charge is 0.0499 e. The van der Waals surface area contributed by atoms with Crippen LogP contribution in [-0.2, 0) is 6.42 Å². The van der Waals surface area contributed by atoms with Gasteiger partial charge in [-0.2, -0.15) is 0 Å². The van der Waals surface area contributed by atoms with Gasteiger partial charge in [0, 0.05) is 22.6 Å². The first-order valence-electron chi connectivity index (χ1n) is 6.10. The lowest BCUT2D eigenvalue weighted by Crippen LogP contribution is -2.32. The Kier molecular flexibility index (Phi) is 2.25. The molecule has 2 nitrogen and oxygen atoms in total. The van der Waals surface area contributed by atoms with Crippen molar-refractivity contribution in [3.05, 3.63) is 35.5 Å². The third-order valence-electron chi connectivity index (χ3n) is 3.56. The van der Waals surface area contributed by atoms with Gasteiger partial charge < -0.3 is 10.3 Å². The van der Waals surface area contributed by atoms with Crippen molar-refractivity contribution in [2.75, 3.05) is 6.54 Å². The molecular weight excluding hydrogens is 196 g/mol. The lowest BCUT2D eigenvalue weighted by Gasteiger charge is -2.27. The summed E-state index contributed by atoms with van der Waals surface area (Å²) in [5, 5.41) is 5.01. The summed E-state index contributed by atoms with van der Waals surface area (Å²) >= 11 is 0. The summed E-state index contributed by atoms with van der Waals surface area (Å²) in [4.78, 5) is 3.58. The predicted molar refractivity (Wildman–Crippen MR) is 67.6 cm³/mol. The van der Waals surface area contributed by atoms with E-state index in [9.17, 15) is 0 Å². The Morgan fingerprint density at radius 1 is 1.25 bits per heavy atom. The van der Waals surface area contributed by atoms with Crippen LogP contribution in [0, 0.1) is 5.92 Å². The van der Waals surface area contributed by atoms with E-state index >= 15 is 0 Å². The minimum atomic E-state index is 0.483. The highest BCUT2D eigenvalue weighted by Crippen LogP contribution is 2.33. The average molecular weight is 214 g/mol. The normalized spacial score (nSPS) is 20.3. The molecule has 0 unspecified atom stereocenters. The van der Waals surface area contributed by atoms with Crippen molar-refractivity contribution in [2.24, 2.45) is 5.92 Å². The summed E-state index contributed by atoms with van der Waals surface area (Å²) in [6, 6.07) is 9.11. The summed E-state index contributed by atoms with van der Waals surface area (Å²) < 4.78 is 0. The van der Waals surface area contributed by atoms with E-state index in [1.807, 2.05) is 0 Å². The summed E-state index contributed by atoms with van der Waals surface area (Å²) in [6.07, 6.45) is 1.14. The summed E-state index contributed by atoms with van der Waals surface area (Å²) in [6.45, 7) is 5.65. The lowest BCUT2D eigenvalue weighted by molar-refractivity contribution is 0.389. The van der Waals surface area contributed by atoms with Gasteiger partial charge in [0.25, 0.3) is 0 Å². The molecule has 16 heavy (non-hydrogen) atoms. The van der Waals surface area contributed by atoms with Crippen molar-refractivity contribution in [2.45, 2.75) is 26.3 Å². The number of benzene rings is 1. The van der Waals surface area contributed by atoms with Gasteiger partial charge in [0.1, 0.15) is 0 Å². The zero-order chi connectivity index (χ0) is 11.1. The summed E-state index contributed by atoms with van der Waals surface area (Å²) in [5.41, 5.74) is 4.21. The topological polar surface area (TPSA) is 27.8 Å². The lowest BCUT2D eigenvalue weighted by atomic mass is 9.92. The van der Waals surface area contributed by atoms with Crippen LogP contribution in [0.3, 0.4) is 0 Å². The van der Waals surface area contributed by atoms with Crippen LogP contribution in [-0.4, -0.2) is 11.5 Å². The zero-order valence-corrected chi connectivity index (χ0v) is 9.88. The second-order valence-corrected chi connectivity index (χ2v) is 4.99. The van der Waals surface area contributed by atoms with E-state index in [4.69, 9.17) is 0 Å². The van der Waals surface area contributed by atoms with Crippen LogP contribution in [0.1, 0.15) is 31.1 Å². The molecule has 0 saturated heterocycles. The van der Waals surface area contributed by atoms with E-state index in [0.717, 1.165) is 13.0 Å². The van der Waals surface area contributed by atoms with Gasteiger partial charge in [-0.15, -0.1) is 0 Å². The van der Waals surface area contributed by atoms with Gasteiger partial charge in [0.2, 0.25) is 0 Å². The highest BCUT2D eigenvalue weighted by molar-refractivity contribution is 5.85. The highest BCUT2D eigenvalue weighted by Gasteiger charge is 2.25. The number of nitrogens with one attached hydrogen (secondary N) is 2. The standard InChI is InChI=1S/C14H18N2/c1-9(2)13-14-11(7-8-15-13)10-5-3-4-6-12(10)16-14/h3-6,9,13,15-16H,7-8H2,1-2H3/t13-/m0/s1. The molecule has 0 saturated carbocycles. The predicted octanol–water partition coefficient (Wildman–Crippen LogP) is 3.01. The van der Waals surface area contributed by atoms with Crippen molar-refractivity contribution in [1.82, 2.24) is 10.3 Å². The molecule has 2 heterocycles. The maximum atomic E-state index is 3.60. The number of aromatic amines is 1. The molecule has 0 fully saturated rings. The first kappa shape index (κ1) is 9.91. The van der Waals surface area contributed by atoms with Crippen LogP contribution in [0.5, 0.6) is 0 Å². The van der Waals surface area contributed by atoms with Gasteiger partial charge in [0.05, 0.1) is 0 Å². The van der Waals surface area contributed by atoms with Crippen molar-refractivity contribution in [3.63, 3.8) is 0 Å². The molecule has 1 atom stereocenters. The average Bonchev–Trinajstić information content (AvgIpc) is 2.67. The zero-order valence-electron chi connectivity index (χ0n) is 9.88. The SMILES string of the molecule is CC(C)[C@@H]1NCCc2c1[nH]c1ccccc21. The maximum Gasteiger partial charge on any atom is 0.0499 e. The van der Waals surface area contributed by atoms with Gasteiger partial charge in [-0.1, -0.05) is 32.0 Å². The van der Waals surface area contributed by atoms with Gasteiger partial charge >= 0.3 is 0 Å². The molecule has 3 rings (SSSR count). The van der Waals surface area contributed by atoms with Gasteiger partial charge in [-0.25, -0.2) is 0 Å². The molecule has 0 spiro atoms. The first-order chi connectivity index (χ1) is 7.77. The third kappa shape index (κ3) is 1.37. The molecule has 0 bridgehead atoms. The van der Waals surface area contributed by atoms with Crippen LogP contribution < -0.4 is 5.32 Å². The number of H-pyrrole nitrogens is 1. The van der Waals surface area contributed by atoms with E-state index in [-0.39, 0.29) is 0 Å². The first-order valence-corrected chi connectivity index (χ1v) is 6.10. The van der Waals surface area contributed by atoms with Crippen molar-refractivity contribution in [3.8, 4) is 0 Å². The van der Waals surface area contributed by atoms with E-state index in [1.165, 1.54) is 22.2 Å². The molecule has 1 aromatic carbocycles. The largest absolute Gasteiger partial charge is 0.357 e. The second-order valence-electron chi connectivity index (χ2n) is 4.99. The highest BCUT2D eigenvalue weighted by atomic mass is 15.0. The maximum absolute atomic E-state index is 3.60. The van der Waals surface area contributed by atoms with Crippen molar-refractivity contribution >= 4 is 10.9 Å². The Labute approximate surface area is 96.1 Å². The van der Waals surface area contributed by atoms with Crippen LogP contribution >= 0.6 is 0 Å². The Morgan fingerprint density at radius 2 is 2.06 bits per heavy atom. The van der Waals surface area contributed by atoms with E-state index in [0.29, 0.717) is 12.0 Å². The molecule has 0 amide bonds. The number of rotatable bonds is 1. The Bertz CT molecular complexity index is 510. The number of hydrogen-bond acceptors (Lipinski definition) is 1. The minimum absolute atomic E-state index is 0.483. The number of para-hydroxylation sites is 1. The molecule has 84 valence electrons. The van der Waals surface area contributed by atoms with Crippen LogP contribution in [0.15, 0.2) is 24.3 Å². The second kappa shape index (κ2) is 3.63. The van der Waals surface area contributed by atoms with Gasteiger partial charge in [-0.05, 0) is 30.5 Å². The Morgan fingerprint density at radius 3 is 2.88 bits per heavy atom. The van der Waals surface area contributed by atoms with E-state index in [1.54, 1.807) is 0 Å².